The molecule has 0 amide bonds. The van der Waals surface area contributed by atoms with Crippen LogP contribution in [0.2, 0.25) is 0 Å². The van der Waals surface area contributed by atoms with Crippen LogP contribution in [-0.2, 0) is 4.74 Å². The zero-order valence-corrected chi connectivity index (χ0v) is 12.7. The summed E-state index contributed by atoms with van der Waals surface area (Å²) in [6.07, 6.45) is 2.26. The maximum Gasteiger partial charge on any atom is 0.0637 e. The Balaban J connectivity index is 3.08. The van der Waals surface area contributed by atoms with Crippen LogP contribution in [0.3, 0.4) is 0 Å². The van der Waals surface area contributed by atoms with Gasteiger partial charge in [0.15, 0.2) is 0 Å². The van der Waals surface area contributed by atoms with Crippen molar-refractivity contribution in [1.29, 1.82) is 0 Å². The Morgan fingerprint density at radius 3 is 2.37 bits per heavy atom. The van der Waals surface area contributed by atoms with Gasteiger partial charge in [0.25, 0.3) is 0 Å². The molecule has 1 aromatic rings. The molecular formula is C16H28N2O. The monoisotopic (exact) mass is 264 g/mol. The van der Waals surface area contributed by atoms with Gasteiger partial charge in [-0.15, -0.1) is 0 Å². The predicted octanol–water partition coefficient (Wildman–Crippen LogP) is 3.35. The molecule has 0 unspecified atom stereocenters. The maximum atomic E-state index is 6.11. The van der Waals surface area contributed by atoms with Crippen molar-refractivity contribution < 1.29 is 4.74 Å². The smallest absolute Gasteiger partial charge is 0.0637 e. The molecule has 0 saturated carbocycles. The molecular weight excluding hydrogens is 236 g/mol. The number of nitrogens with zero attached hydrogens (tertiary/aromatic N) is 1. The molecule has 0 heterocycles. The van der Waals surface area contributed by atoms with Gasteiger partial charge in [-0.2, -0.15) is 0 Å². The van der Waals surface area contributed by atoms with Crippen molar-refractivity contribution >= 4 is 5.69 Å². The fourth-order valence-corrected chi connectivity index (χ4v) is 2.55. The average molecular weight is 264 g/mol. The first-order chi connectivity index (χ1) is 9.15. The summed E-state index contributed by atoms with van der Waals surface area (Å²) in [6, 6.07) is 9.03. The Kier molecular flexibility index (Phi) is 6.89. The van der Waals surface area contributed by atoms with Crippen LogP contribution in [0.5, 0.6) is 0 Å². The van der Waals surface area contributed by atoms with Gasteiger partial charge in [0, 0.05) is 31.4 Å². The summed E-state index contributed by atoms with van der Waals surface area (Å²) in [5, 5.41) is 0. The van der Waals surface area contributed by atoms with E-state index in [1.54, 1.807) is 7.11 Å². The van der Waals surface area contributed by atoms with Crippen LogP contribution in [-0.4, -0.2) is 26.3 Å². The number of anilines is 1. The third-order valence-electron chi connectivity index (χ3n) is 3.66. The zero-order chi connectivity index (χ0) is 14.3. The fourth-order valence-electron chi connectivity index (χ4n) is 2.55. The van der Waals surface area contributed by atoms with Gasteiger partial charge in [-0.1, -0.05) is 32.0 Å². The number of nitrogens with two attached hydrogens (primary N) is 1. The molecule has 0 aliphatic heterocycles. The summed E-state index contributed by atoms with van der Waals surface area (Å²) >= 11 is 0. The largest absolute Gasteiger partial charge is 0.383 e. The minimum Gasteiger partial charge on any atom is -0.383 e. The number of hydrogen-bond acceptors (Lipinski definition) is 3. The van der Waals surface area contributed by atoms with Gasteiger partial charge in [-0.3, -0.25) is 0 Å². The second-order valence-electron chi connectivity index (χ2n) is 5.00. The summed E-state index contributed by atoms with van der Waals surface area (Å²) < 4.78 is 5.26. The highest BCUT2D eigenvalue weighted by atomic mass is 16.5. The van der Waals surface area contributed by atoms with Crippen molar-refractivity contribution in [2.24, 2.45) is 5.73 Å². The lowest BCUT2D eigenvalue weighted by Gasteiger charge is -2.34. The Hall–Kier alpha value is -1.06. The third kappa shape index (κ3) is 4.22. The van der Waals surface area contributed by atoms with Crippen molar-refractivity contribution in [3.05, 3.63) is 29.8 Å². The molecule has 0 radical (unpaired) electrons. The molecule has 0 bridgehead atoms. The van der Waals surface area contributed by atoms with Gasteiger partial charge in [0.05, 0.1) is 6.61 Å². The lowest BCUT2D eigenvalue weighted by molar-refractivity contribution is 0.202. The first kappa shape index (κ1) is 16.0. The van der Waals surface area contributed by atoms with Crippen LogP contribution < -0.4 is 10.6 Å². The van der Waals surface area contributed by atoms with Crippen LogP contribution in [0, 0.1) is 0 Å². The summed E-state index contributed by atoms with van der Waals surface area (Å²) in [7, 11) is 1.75. The van der Waals surface area contributed by atoms with Crippen LogP contribution >= 0.6 is 0 Å². The van der Waals surface area contributed by atoms with Crippen LogP contribution in [0.15, 0.2) is 24.3 Å². The van der Waals surface area contributed by atoms with E-state index in [1.807, 2.05) is 6.92 Å². The van der Waals surface area contributed by atoms with Gasteiger partial charge in [-0.25, -0.2) is 0 Å². The Bertz CT molecular complexity index is 362. The van der Waals surface area contributed by atoms with Crippen LogP contribution in [0.1, 0.15) is 45.2 Å². The number of rotatable bonds is 8. The highest BCUT2D eigenvalue weighted by Crippen LogP contribution is 2.28. The Morgan fingerprint density at radius 2 is 1.84 bits per heavy atom. The standard InChI is InChI=1S/C16H28N2O/c1-5-14(6-2)18(11-12-19-4)16-10-8-7-9-15(16)13(3)17/h7-10,13-14H,5-6,11-12,17H2,1-4H3/t13-/m1/s1. The van der Waals surface area contributed by atoms with Gasteiger partial charge >= 0.3 is 0 Å². The quantitative estimate of drug-likeness (QED) is 0.782. The molecule has 0 aliphatic rings. The minimum atomic E-state index is 0.0515. The van der Waals surface area contributed by atoms with Crippen molar-refractivity contribution in [1.82, 2.24) is 0 Å². The topological polar surface area (TPSA) is 38.5 Å². The zero-order valence-electron chi connectivity index (χ0n) is 12.7. The number of benzene rings is 1. The molecule has 0 saturated heterocycles. The van der Waals surface area contributed by atoms with E-state index in [1.165, 1.54) is 11.3 Å². The lowest BCUT2D eigenvalue weighted by atomic mass is 10.0. The maximum absolute atomic E-state index is 6.11. The van der Waals surface area contributed by atoms with Gasteiger partial charge in [0.1, 0.15) is 0 Å². The summed E-state index contributed by atoms with van der Waals surface area (Å²) in [5.41, 5.74) is 8.57. The Labute approximate surface area is 117 Å². The fraction of sp³-hybridized carbons (Fsp3) is 0.625. The molecule has 3 nitrogen and oxygen atoms in total. The van der Waals surface area contributed by atoms with Gasteiger partial charge in [-0.05, 0) is 31.4 Å². The van der Waals surface area contributed by atoms with E-state index in [-0.39, 0.29) is 6.04 Å². The molecule has 1 aromatic carbocycles. The van der Waals surface area contributed by atoms with E-state index in [0.717, 1.165) is 26.0 Å². The van der Waals surface area contributed by atoms with Crippen molar-refractivity contribution in [2.75, 3.05) is 25.2 Å². The number of hydrogen-bond donors (Lipinski definition) is 1. The highest BCUT2D eigenvalue weighted by molar-refractivity contribution is 5.55. The minimum absolute atomic E-state index is 0.0515. The molecule has 2 N–H and O–H groups in total. The number of methoxy groups -OCH3 is 1. The van der Waals surface area contributed by atoms with Crippen molar-refractivity contribution in [2.45, 2.75) is 45.7 Å². The normalized spacial score (nSPS) is 12.7. The molecule has 0 aromatic heterocycles. The van der Waals surface area contributed by atoms with E-state index < -0.39 is 0 Å². The van der Waals surface area contributed by atoms with Crippen molar-refractivity contribution in [3.8, 4) is 0 Å². The third-order valence-corrected chi connectivity index (χ3v) is 3.66. The predicted molar refractivity (Wildman–Crippen MR) is 82.6 cm³/mol. The molecule has 0 spiro atoms. The lowest BCUT2D eigenvalue weighted by Crippen LogP contribution is -2.38. The van der Waals surface area contributed by atoms with E-state index in [4.69, 9.17) is 10.5 Å². The van der Waals surface area contributed by atoms with E-state index in [9.17, 15) is 0 Å². The molecule has 19 heavy (non-hydrogen) atoms. The molecule has 3 heteroatoms. The second-order valence-corrected chi connectivity index (χ2v) is 5.00. The summed E-state index contributed by atoms with van der Waals surface area (Å²) in [4.78, 5) is 2.45. The van der Waals surface area contributed by atoms with E-state index >= 15 is 0 Å². The molecule has 1 atom stereocenters. The molecule has 0 aliphatic carbocycles. The summed E-state index contributed by atoms with van der Waals surface area (Å²) in [6.45, 7) is 8.17. The van der Waals surface area contributed by atoms with Gasteiger partial charge < -0.3 is 15.4 Å². The number of para-hydroxylation sites is 1. The van der Waals surface area contributed by atoms with Crippen molar-refractivity contribution in [3.63, 3.8) is 0 Å². The first-order valence-electron chi connectivity index (χ1n) is 7.25. The van der Waals surface area contributed by atoms with E-state index in [0.29, 0.717) is 6.04 Å². The molecule has 0 fully saturated rings. The molecule has 1 rings (SSSR count). The first-order valence-corrected chi connectivity index (χ1v) is 7.25. The van der Waals surface area contributed by atoms with Gasteiger partial charge in [0.2, 0.25) is 0 Å². The second kappa shape index (κ2) is 8.18. The van der Waals surface area contributed by atoms with Crippen LogP contribution in [0.4, 0.5) is 5.69 Å². The molecule has 108 valence electrons. The Morgan fingerprint density at radius 1 is 1.21 bits per heavy atom. The van der Waals surface area contributed by atoms with Crippen LogP contribution in [0.25, 0.3) is 0 Å². The average Bonchev–Trinajstić information content (AvgIpc) is 2.43. The summed E-state index contributed by atoms with van der Waals surface area (Å²) in [5.74, 6) is 0. The van der Waals surface area contributed by atoms with E-state index in [2.05, 4.69) is 43.0 Å². The number of ether oxygens (including phenoxy) is 1. The SMILES string of the molecule is CCC(CC)N(CCOC)c1ccccc1[C@@H](C)N. The highest BCUT2D eigenvalue weighted by Gasteiger charge is 2.19.